The Balaban J connectivity index is 2.00. The van der Waals surface area contributed by atoms with Gasteiger partial charge < -0.3 is 4.98 Å². The zero-order valence-corrected chi connectivity index (χ0v) is 11.4. The molecular weight excluding hydrogens is 222 g/mol. The van der Waals surface area contributed by atoms with Crippen LogP contribution in [0.3, 0.4) is 0 Å². The van der Waals surface area contributed by atoms with Crippen LogP contribution < -0.4 is 0 Å². The molecule has 1 atom stereocenters. The van der Waals surface area contributed by atoms with E-state index in [4.69, 9.17) is 4.98 Å². The Morgan fingerprint density at radius 2 is 2.22 bits per heavy atom. The van der Waals surface area contributed by atoms with E-state index in [2.05, 4.69) is 49.0 Å². The fourth-order valence-corrected chi connectivity index (χ4v) is 2.82. The van der Waals surface area contributed by atoms with Crippen LogP contribution in [0.4, 0.5) is 0 Å². The Bertz CT molecular complexity index is 556. The average molecular weight is 243 g/mol. The molecule has 96 valence electrons. The van der Waals surface area contributed by atoms with Crippen molar-refractivity contribution in [3.63, 3.8) is 0 Å². The van der Waals surface area contributed by atoms with Crippen LogP contribution in [0.2, 0.25) is 0 Å². The molecule has 0 bridgehead atoms. The number of hydrogen-bond donors (Lipinski definition) is 1. The number of nitrogens with one attached hydrogen (secondary N) is 1. The Labute approximate surface area is 108 Å². The maximum absolute atomic E-state index is 4.75. The maximum atomic E-state index is 4.75. The normalized spacial score (nSPS) is 21.2. The summed E-state index contributed by atoms with van der Waals surface area (Å²) in [6, 6.07) is 7.04. The van der Waals surface area contributed by atoms with Crippen molar-refractivity contribution in [3.05, 3.63) is 29.6 Å². The van der Waals surface area contributed by atoms with Gasteiger partial charge in [-0.05, 0) is 50.0 Å². The number of hydrogen-bond acceptors (Lipinski definition) is 2. The molecule has 18 heavy (non-hydrogen) atoms. The van der Waals surface area contributed by atoms with Gasteiger partial charge in [-0.1, -0.05) is 19.9 Å². The molecule has 0 saturated carbocycles. The minimum Gasteiger partial charge on any atom is -0.341 e. The van der Waals surface area contributed by atoms with Gasteiger partial charge in [0.2, 0.25) is 0 Å². The van der Waals surface area contributed by atoms with E-state index in [1.165, 1.54) is 30.5 Å². The summed E-state index contributed by atoms with van der Waals surface area (Å²) >= 11 is 0. The van der Waals surface area contributed by atoms with Crippen molar-refractivity contribution >= 4 is 11.0 Å². The highest BCUT2D eigenvalue weighted by atomic mass is 15.2. The quantitative estimate of drug-likeness (QED) is 0.876. The predicted octanol–water partition coefficient (Wildman–Crippen LogP) is 3.45. The fourth-order valence-electron chi connectivity index (χ4n) is 2.82. The summed E-state index contributed by atoms with van der Waals surface area (Å²) in [7, 11) is 2.18. The molecule has 1 aromatic carbocycles. The lowest BCUT2D eigenvalue weighted by Crippen LogP contribution is -2.18. The van der Waals surface area contributed by atoms with Gasteiger partial charge in [0.05, 0.1) is 17.1 Å². The molecular formula is C15H21N3. The molecule has 1 saturated heterocycles. The van der Waals surface area contributed by atoms with E-state index in [9.17, 15) is 0 Å². The van der Waals surface area contributed by atoms with Crippen LogP contribution in [-0.2, 0) is 0 Å². The monoisotopic (exact) mass is 243 g/mol. The van der Waals surface area contributed by atoms with E-state index in [1.54, 1.807) is 0 Å². The van der Waals surface area contributed by atoms with Crippen molar-refractivity contribution in [2.75, 3.05) is 13.6 Å². The first kappa shape index (κ1) is 11.7. The molecule has 0 spiro atoms. The fraction of sp³-hybridized carbons (Fsp3) is 0.533. The summed E-state index contributed by atoms with van der Waals surface area (Å²) in [4.78, 5) is 10.6. The predicted molar refractivity (Wildman–Crippen MR) is 74.8 cm³/mol. The van der Waals surface area contributed by atoms with E-state index in [1.807, 2.05) is 0 Å². The molecule has 1 aliphatic heterocycles. The first-order chi connectivity index (χ1) is 8.65. The average Bonchev–Trinajstić information content (AvgIpc) is 2.92. The summed E-state index contributed by atoms with van der Waals surface area (Å²) in [5.41, 5.74) is 3.64. The molecule has 1 unspecified atom stereocenters. The van der Waals surface area contributed by atoms with Crippen molar-refractivity contribution in [1.82, 2.24) is 14.9 Å². The smallest absolute Gasteiger partial charge is 0.124 e. The SMILES string of the molecule is CC(C)c1ccc2nc(C3CCCN3C)[nH]c2c1. The zero-order valence-electron chi connectivity index (χ0n) is 11.4. The topological polar surface area (TPSA) is 31.9 Å². The number of aromatic amines is 1. The number of rotatable bonds is 2. The maximum Gasteiger partial charge on any atom is 0.124 e. The number of benzene rings is 1. The van der Waals surface area contributed by atoms with Crippen molar-refractivity contribution in [2.45, 2.75) is 38.6 Å². The van der Waals surface area contributed by atoms with Gasteiger partial charge in [0, 0.05) is 0 Å². The Kier molecular flexibility index (Phi) is 2.86. The summed E-state index contributed by atoms with van der Waals surface area (Å²) in [6.07, 6.45) is 2.49. The number of nitrogens with zero attached hydrogens (tertiary/aromatic N) is 2. The zero-order chi connectivity index (χ0) is 12.7. The van der Waals surface area contributed by atoms with E-state index < -0.39 is 0 Å². The van der Waals surface area contributed by atoms with Gasteiger partial charge in [-0.15, -0.1) is 0 Å². The summed E-state index contributed by atoms with van der Waals surface area (Å²) < 4.78 is 0. The van der Waals surface area contributed by atoms with Crippen LogP contribution in [0, 0.1) is 0 Å². The number of imidazole rings is 1. The molecule has 1 N–H and O–H groups in total. The third kappa shape index (κ3) is 1.93. The van der Waals surface area contributed by atoms with Crippen molar-refractivity contribution < 1.29 is 0 Å². The standard InChI is InChI=1S/C15H21N3/c1-10(2)11-6-7-12-13(9-11)17-15(16-12)14-5-4-8-18(14)3/h6-7,9-10,14H,4-5,8H2,1-3H3,(H,16,17). The van der Waals surface area contributed by atoms with Crippen LogP contribution >= 0.6 is 0 Å². The van der Waals surface area contributed by atoms with E-state index in [0.717, 1.165) is 11.3 Å². The Morgan fingerprint density at radius 3 is 2.89 bits per heavy atom. The molecule has 0 radical (unpaired) electrons. The van der Waals surface area contributed by atoms with E-state index in [-0.39, 0.29) is 0 Å². The van der Waals surface area contributed by atoms with Crippen molar-refractivity contribution in [1.29, 1.82) is 0 Å². The Morgan fingerprint density at radius 1 is 1.39 bits per heavy atom. The second-order valence-electron chi connectivity index (χ2n) is 5.69. The van der Waals surface area contributed by atoms with Gasteiger partial charge >= 0.3 is 0 Å². The third-order valence-corrected chi connectivity index (χ3v) is 4.03. The molecule has 2 heterocycles. The largest absolute Gasteiger partial charge is 0.341 e. The number of H-pyrrole nitrogens is 1. The second-order valence-corrected chi connectivity index (χ2v) is 5.69. The second kappa shape index (κ2) is 4.39. The van der Waals surface area contributed by atoms with Gasteiger partial charge in [-0.25, -0.2) is 4.98 Å². The highest BCUT2D eigenvalue weighted by Crippen LogP contribution is 2.30. The van der Waals surface area contributed by atoms with Crippen LogP contribution in [0.25, 0.3) is 11.0 Å². The molecule has 2 aromatic rings. The summed E-state index contributed by atoms with van der Waals surface area (Å²) in [6.45, 7) is 5.63. The first-order valence-corrected chi connectivity index (χ1v) is 6.85. The number of fused-ring (bicyclic) bond motifs is 1. The van der Waals surface area contributed by atoms with Crippen LogP contribution in [0.1, 0.15) is 50.0 Å². The molecule has 3 nitrogen and oxygen atoms in total. The lowest BCUT2D eigenvalue weighted by atomic mass is 10.0. The first-order valence-electron chi connectivity index (χ1n) is 6.85. The van der Waals surface area contributed by atoms with Gasteiger partial charge in [0.25, 0.3) is 0 Å². The molecule has 1 aromatic heterocycles. The molecule has 3 heteroatoms. The van der Waals surface area contributed by atoms with Gasteiger partial charge in [0.1, 0.15) is 5.82 Å². The van der Waals surface area contributed by atoms with E-state index >= 15 is 0 Å². The molecule has 0 amide bonds. The van der Waals surface area contributed by atoms with Crippen molar-refractivity contribution in [2.24, 2.45) is 0 Å². The molecule has 1 fully saturated rings. The van der Waals surface area contributed by atoms with Crippen LogP contribution in [-0.4, -0.2) is 28.5 Å². The van der Waals surface area contributed by atoms with Gasteiger partial charge in [-0.3, -0.25) is 4.90 Å². The molecule has 0 aliphatic carbocycles. The number of likely N-dealkylation sites (tertiary alicyclic amines) is 1. The third-order valence-electron chi connectivity index (χ3n) is 4.03. The minimum absolute atomic E-state index is 0.472. The van der Waals surface area contributed by atoms with Gasteiger partial charge in [0.15, 0.2) is 0 Å². The van der Waals surface area contributed by atoms with Crippen LogP contribution in [0.5, 0.6) is 0 Å². The van der Waals surface area contributed by atoms with Crippen LogP contribution in [0.15, 0.2) is 18.2 Å². The van der Waals surface area contributed by atoms with Gasteiger partial charge in [-0.2, -0.15) is 0 Å². The molecule has 1 aliphatic rings. The van der Waals surface area contributed by atoms with Crippen molar-refractivity contribution in [3.8, 4) is 0 Å². The lowest BCUT2D eigenvalue weighted by Gasteiger charge is -2.16. The number of aromatic nitrogens is 2. The minimum atomic E-state index is 0.472. The lowest BCUT2D eigenvalue weighted by molar-refractivity contribution is 0.307. The summed E-state index contributed by atoms with van der Waals surface area (Å²) in [5.74, 6) is 1.70. The highest BCUT2D eigenvalue weighted by molar-refractivity contribution is 5.76. The Hall–Kier alpha value is -1.35. The highest BCUT2D eigenvalue weighted by Gasteiger charge is 2.25. The van der Waals surface area contributed by atoms with E-state index in [0.29, 0.717) is 12.0 Å². The summed E-state index contributed by atoms with van der Waals surface area (Å²) in [5, 5.41) is 0. The molecule has 3 rings (SSSR count).